The first-order valence-electron chi connectivity index (χ1n) is 6.52. The summed E-state index contributed by atoms with van der Waals surface area (Å²) in [4.78, 5) is 0. The molecule has 0 saturated heterocycles. The molecule has 0 fully saturated rings. The Balaban J connectivity index is 2.70. The molecule has 0 atom stereocenters. The van der Waals surface area contributed by atoms with Gasteiger partial charge in [0.1, 0.15) is 6.54 Å². The molecule has 1 N–H and O–H groups in total. The van der Waals surface area contributed by atoms with Gasteiger partial charge >= 0.3 is 0 Å². The third kappa shape index (κ3) is 4.19. The fourth-order valence-corrected chi connectivity index (χ4v) is 1.97. The topological polar surface area (TPSA) is 29.9 Å². The quantitative estimate of drug-likeness (QED) is 0.828. The van der Waals surface area contributed by atoms with E-state index in [1.54, 1.807) is 0 Å². The second-order valence-electron chi connectivity index (χ2n) is 5.66. The summed E-state index contributed by atoms with van der Waals surface area (Å²) in [5, 5.41) is 8.06. The molecule has 0 bridgehead atoms. The number of aromatic nitrogens is 2. The summed E-state index contributed by atoms with van der Waals surface area (Å²) in [5.74, 6) is 5.97. The van der Waals surface area contributed by atoms with Crippen molar-refractivity contribution in [1.82, 2.24) is 15.1 Å². The molecule has 3 nitrogen and oxygen atoms in total. The van der Waals surface area contributed by atoms with Crippen LogP contribution in [0.25, 0.3) is 0 Å². The van der Waals surface area contributed by atoms with E-state index in [0.717, 1.165) is 18.7 Å². The van der Waals surface area contributed by atoms with Crippen molar-refractivity contribution in [2.45, 2.75) is 60.0 Å². The largest absolute Gasteiger partial charge is 0.312 e. The third-order valence-electron chi connectivity index (χ3n) is 2.97. The lowest BCUT2D eigenvalue weighted by Crippen LogP contribution is -2.37. The van der Waals surface area contributed by atoms with E-state index in [2.05, 4.69) is 56.9 Å². The maximum Gasteiger partial charge on any atom is 0.102 e. The first kappa shape index (κ1) is 14.8. The first-order valence-corrected chi connectivity index (χ1v) is 6.52. The molecule has 0 spiro atoms. The summed E-state index contributed by atoms with van der Waals surface area (Å²) in [5.41, 5.74) is 3.89. The van der Waals surface area contributed by atoms with Gasteiger partial charge in [0.25, 0.3) is 0 Å². The highest BCUT2D eigenvalue weighted by Crippen LogP contribution is 2.13. The van der Waals surface area contributed by atoms with Gasteiger partial charge in [0.15, 0.2) is 0 Å². The van der Waals surface area contributed by atoms with Crippen LogP contribution in [0.2, 0.25) is 0 Å². The van der Waals surface area contributed by atoms with Crippen LogP contribution in [0, 0.1) is 25.7 Å². The molecule has 0 aliphatic rings. The smallest absolute Gasteiger partial charge is 0.102 e. The highest BCUT2D eigenvalue weighted by Gasteiger charge is 2.12. The van der Waals surface area contributed by atoms with Crippen LogP contribution in [0.15, 0.2) is 0 Å². The van der Waals surface area contributed by atoms with Gasteiger partial charge in [0.05, 0.1) is 5.69 Å². The first-order chi connectivity index (χ1) is 8.35. The molecule has 0 aliphatic heterocycles. The number of nitrogens with zero attached hydrogens (tertiary/aromatic N) is 2. The van der Waals surface area contributed by atoms with Crippen molar-refractivity contribution < 1.29 is 0 Å². The Morgan fingerprint density at radius 3 is 2.50 bits per heavy atom. The van der Waals surface area contributed by atoms with E-state index < -0.39 is 0 Å². The van der Waals surface area contributed by atoms with Crippen molar-refractivity contribution >= 4 is 0 Å². The Hall–Kier alpha value is -1.27. The maximum absolute atomic E-state index is 4.55. The Labute approximate surface area is 111 Å². The highest BCUT2D eigenvalue weighted by atomic mass is 15.3. The molecule has 0 radical (unpaired) electrons. The van der Waals surface area contributed by atoms with E-state index in [1.807, 2.05) is 11.6 Å². The molecule has 3 heteroatoms. The summed E-state index contributed by atoms with van der Waals surface area (Å²) in [7, 11) is 0. The molecule has 0 saturated carbocycles. The predicted octanol–water partition coefficient (Wildman–Crippen LogP) is 2.45. The van der Waals surface area contributed by atoms with Gasteiger partial charge in [-0.3, -0.25) is 4.68 Å². The Kier molecular flexibility index (Phi) is 4.98. The molecule has 18 heavy (non-hydrogen) atoms. The van der Waals surface area contributed by atoms with Crippen molar-refractivity contribution in [3.05, 3.63) is 17.0 Å². The van der Waals surface area contributed by atoms with Crippen LogP contribution in [0.1, 0.15) is 44.6 Å². The average Bonchev–Trinajstić information content (AvgIpc) is 2.52. The highest BCUT2D eigenvalue weighted by molar-refractivity contribution is 5.25. The van der Waals surface area contributed by atoms with Crippen molar-refractivity contribution in [3.63, 3.8) is 0 Å². The van der Waals surface area contributed by atoms with E-state index in [9.17, 15) is 0 Å². The summed E-state index contributed by atoms with van der Waals surface area (Å²) < 4.78 is 2.00. The fourth-order valence-electron chi connectivity index (χ4n) is 1.97. The van der Waals surface area contributed by atoms with Crippen molar-refractivity contribution in [1.29, 1.82) is 0 Å². The number of rotatable bonds is 4. The zero-order valence-corrected chi connectivity index (χ0v) is 12.5. The molecule has 1 aromatic rings. The molecule has 0 unspecified atom stereocenters. The number of hydrogen-bond donors (Lipinski definition) is 1. The Morgan fingerprint density at radius 1 is 1.28 bits per heavy atom. The van der Waals surface area contributed by atoms with Gasteiger partial charge in [-0.25, -0.2) is 0 Å². The van der Waals surface area contributed by atoms with Gasteiger partial charge in [-0.2, -0.15) is 5.10 Å². The summed E-state index contributed by atoms with van der Waals surface area (Å²) in [6.45, 7) is 14.3. The molecule has 0 amide bonds. The van der Waals surface area contributed by atoms with Gasteiger partial charge < -0.3 is 5.32 Å². The minimum Gasteiger partial charge on any atom is -0.312 e. The van der Waals surface area contributed by atoms with Gasteiger partial charge in [0.2, 0.25) is 0 Å². The number of nitrogens with one attached hydrogen (secondary N) is 1. The van der Waals surface area contributed by atoms with Crippen LogP contribution in [0.4, 0.5) is 0 Å². The SMILES string of the molecule is CC#CCn1nc(C)c(CCNC(C)(C)C)c1C. The van der Waals surface area contributed by atoms with Crippen LogP contribution < -0.4 is 5.32 Å². The summed E-state index contributed by atoms with van der Waals surface area (Å²) in [6, 6.07) is 0. The molecule has 1 rings (SSSR count). The van der Waals surface area contributed by atoms with Crippen molar-refractivity contribution in [2.75, 3.05) is 6.54 Å². The minimum absolute atomic E-state index is 0.172. The van der Waals surface area contributed by atoms with Gasteiger partial charge in [-0.05, 0) is 60.1 Å². The second-order valence-corrected chi connectivity index (χ2v) is 5.66. The molecule has 0 aliphatic carbocycles. The molecule has 1 heterocycles. The predicted molar refractivity (Wildman–Crippen MR) is 76.6 cm³/mol. The van der Waals surface area contributed by atoms with Crippen LogP contribution >= 0.6 is 0 Å². The van der Waals surface area contributed by atoms with Crippen LogP contribution in [0.5, 0.6) is 0 Å². The molecule has 1 aromatic heterocycles. The summed E-state index contributed by atoms with van der Waals surface area (Å²) in [6.07, 6.45) is 1.02. The fraction of sp³-hybridized carbons (Fsp3) is 0.667. The number of hydrogen-bond acceptors (Lipinski definition) is 2. The third-order valence-corrected chi connectivity index (χ3v) is 2.97. The molecule has 0 aromatic carbocycles. The monoisotopic (exact) mass is 247 g/mol. The van der Waals surface area contributed by atoms with Gasteiger partial charge in [-0.15, -0.1) is 5.92 Å². The lowest BCUT2D eigenvalue weighted by molar-refractivity contribution is 0.429. The van der Waals surface area contributed by atoms with Crippen LogP contribution in [-0.4, -0.2) is 21.9 Å². The van der Waals surface area contributed by atoms with E-state index in [4.69, 9.17) is 0 Å². The van der Waals surface area contributed by atoms with E-state index in [1.165, 1.54) is 11.3 Å². The molecule has 100 valence electrons. The minimum atomic E-state index is 0.172. The maximum atomic E-state index is 4.55. The van der Waals surface area contributed by atoms with Crippen LogP contribution in [0.3, 0.4) is 0 Å². The van der Waals surface area contributed by atoms with Gasteiger partial charge in [0, 0.05) is 11.2 Å². The molecular weight excluding hydrogens is 222 g/mol. The normalized spacial score (nSPS) is 11.2. The number of aryl methyl sites for hydroxylation is 1. The van der Waals surface area contributed by atoms with E-state index in [-0.39, 0.29) is 5.54 Å². The standard InChI is InChI=1S/C15H25N3/c1-7-8-11-18-13(3)14(12(2)17-18)9-10-16-15(4,5)6/h16H,9-11H2,1-6H3. The average molecular weight is 247 g/mol. The Morgan fingerprint density at radius 2 is 1.94 bits per heavy atom. The van der Waals surface area contributed by atoms with Gasteiger partial charge in [-0.1, -0.05) is 5.92 Å². The van der Waals surface area contributed by atoms with Crippen LogP contribution in [-0.2, 0) is 13.0 Å². The zero-order chi connectivity index (χ0) is 13.8. The van der Waals surface area contributed by atoms with E-state index >= 15 is 0 Å². The second kappa shape index (κ2) is 6.06. The lowest BCUT2D eigenvalue weighted by atomic mass is 10.1. The van der Waals surface area contributed by atoms with Crippen molar-refractivity contribution in [3.8, 4) is 11.8 Å². The Bertz CT molecular complexity index is 453. The zero-order valence-electron chi connectivity index (χ0n) is 12.5. The summed E-state index contributed by atoms with van der Waals surface area (Å²) >= 11 is 0. The lowest BCUT2D eigenvalue weighted by Gasteiger charge is -2.20. The van der Waals surface area contributed by atoms with Crippen molar-refractivity contribution in [2.24, 2.45) is 0 Å². The molecular formula is C15H25N3. The van der Waals surface area contributed by atoms with E-state index in [0.29, 0.717) is 6.54 Å².